The third-order valence-corrected chi connectivity index (χ3v) is 3.68. The van der Waals surface area contributed by atoms with Gasteiger partial charge in [0.1, 0.15) is 0 Å². The maximum absolute atomic E-state index is 12.3. The molecular weight excluding hydrogens is 284 g/mol. The zero-order valence-corrected chi connectivity index (χ0v) is 12.5. The van der Waals surface area contributed by atoms with Gasteiger partial charge in [-0.3, -0.25) is 4.79 Å². The Morgan fingerprint density at radius 3 is 2.76 bits per heavy atom. The van der Waals surface area contributed by atoms with Crippen LogP contribution in [0.25, 0.3) is 0 Å². The summed E-state index contributed by atoms with van der Waals surface area (Å²) in [6.45, 7) is 7.49. The number of methoxy groups -OCH3 is 1. The molecule has 0 bridgehead atoms. The minimum atomic E-state index is -0.680. The van der Waals surface area contributed by atoms with Crippen LogP contribution >= 0.6 is 11.8 Å². The van der Waals surface area contributed by atoms with Gasteiger partial charge in [0, 0.05) is 12.0 Å². The number of rotatable bonds is 4. The molecule has 5 heteroatoms. The van der Waals surface area contributed by atoms with Gasteiger partial charge in [0.15, 0.2) is 11.3 Å². The molecule has 1 unspecified atom stereocenters. The fraction of sp³-hybridized carbons (Fsp3) is 0.125. The van der Waals surface area contributed by atoms with E-state index in [0.717, 1.165) is 10.5 Å². The number of nitrogens with zero attached hydrogens (tertiary/aromatic N) is 1. The highest BCUT2D eigenvalue weighted by Gasteiger charge is 2.22. The van der Waals surface area contributed by atoms with Gasteiger partial charge in [-0.25, -0.2) is 4.99 Å². The maximum Gasteiger partial charge on any atom is 0.259 e. The van der Waals surface area contributed by atoms with Gasteiger partial charge in [0.05, 0.1) is 5.70 Å². The molecule has 4 nitrogen and oxygen atoms in total. The van der Waals surface area contributed by atoms with Crippen LogP contribution in [0.2, 0.25) is 0 Å². The molecule has 0 aromatic heterocycles. The van der Waals surface area contributed by atoms with Crippen molar-refractivity contribution < 1.29 is 9.53 Å². The zero-order valence-electron chi connectivity index (χ0n) is 11.7. The number of carbonyl (C=O) groups is 1. The number of amides is 1. The number of aliphatic imine (C=N–C) groups is 1. The van der Waals surface area contributed by atoms with Crippen molar-refractivity contribution in [3.8, 4) is 0 Å². The highest BCUT2D eigenvalue weighted by molar-refractivity contribution is 8.17. The molecule has 0 radical (unpaired) electrons. The summed E-state index contributed by atoms with van der Waals surface area (Å²) >= 11 is 1.33. The van der Waals surface area contributed by atoms with Crippen molar-refractivity contribution in [3.63, 3.8) is 0 Å². The van der Waals surface area contributed by atoms with Gasteiger partial charge in [0.2, 0.25) is 0 Å². The minimum Gasteiger partial charge on any atom is -0.367 e. The molecule has 1 heterocycles. The summed E-state index contributed by atoms with van der Waals surface area (Å²) in [7, 11) is 1.50. The second-order valence-corrected chi connectivity index (χ2v) is 5.34. The van der Waals surface area contributed by atoms with E-state index in [4.69, 9.17) is 4.74 Å². The average molecular weight is 300 g/mol. The lowest BCUT2D eigenvalue weighted by atomic mass is 10.1. The topological polar surface area (TPSA) is 50.7 Å². The maximum atomic E-state index is 12.3. The van der Waals surface area contributed by atoms with Crippen LogP contribution in [0.3, 0.4) is 0 Å². The highest BCUT2D eigenvalue weighted by atomic mass is 32.2. The molecule has 0 fully saturated rings. The summed E-state index contributed by atoms with van der Waals surface area (Å²) < 4.78 is 5.29. The Bertz CT molecular complexity index is 620. The molecule has 1 aliphatic heterocycles. The van der Waals surface area contributed by atoms with Crippen molar-refractivity contribution in [1.82, 2.24) is 5.32 Å². The fourth-order valence-corrected chi connectivity index (χ4v) is 2.65. The van der Waals surface area contributed by atoms with Crippen molar-refractivity contribution in [2.45, 2.75) is 6.10 Å². The van der Waals surface area contributed by atoms with E-state index in [9.17, 15) is 4.79 Å². The minimum absolute atomic E-state index is 0.270. The van der Waals surface area contributed by atoms with E-state index in [2.05, 4.69) is 23.5 Å². The number of nitrogens with one attached hydrogen (secondary N) is 1. The predicted octanol–water partition coefficient (Wildman–Crippen LogP) is 3.18. The van der Waals surface area contributed by atoms with Crippen molar-refractivity contribution in [2.24, 2.45) is 4.99 Å². The molecule has 21 heavy (non-hydrogen) atoms. The second kappa shape index (κ2) is 7.06. The molecule has 1 aromatic rings. The second-order valence-electron chi connectivity index (χ2n) is 4.28. The third kappa shape index (κ3) is 3.93. The van der Waals surface area contributed by atoms with Crippen molar-refractivity contribution >= 4 is 22.8 Å². The fourth-order valence-electron chi connectivity index (χ4n) is 1.84. The molecule has 1 N–H and O–H groups in total. The van der Waals surface area contributed by atoms with Crippen molar-refractivity contribution in [1.29, 1.82) is 0 Å². The Kier molecular flexibility index (Phi) is 5.14. The monoisotopic (exact) mass is 300 g/mol. The Labute approximate surface area is 128 Å². The Morgan fingerprint density at radius 1 is 1.43 bits per heavy atom. The number of thioether (sulfide) groups is 1. The van der Waals surface area contributed by atoms with Gasteiger partial charge in [-0.15, -0.1) is 0 Å². The summed E-state index contributed by atoms with van der Waals surface area (Å²) in [6.07, 6.45) is 2.82. The van der Waals surface area contributed by atoms with Gasteiger partial charge in [-0.2, -0.15) is 0 Å². The molecular formula is C16H16N2O2S. The van der Waals surface area contributed by atoms with E-state index in [-0.39, 0.29) is 5.91 Å². The summed E-state index contributed by atoms with van der Waals surface area (Å²) in [5, 5.41) is 3.24. The van der Waals surface area contributed by atoms with Crippen LogP contribution in [-0.4, -0.2) is 18.2 Å². The first-order valence-corrected chi connectivity index (χ1v) is 7.14. The van der Waals surface area contributed by atoms with Crippen LogP contribution < -0.4 is 5.32 Å². The van der Waals surface area contributed by atoms with Crippen LogP contribution in [0.1, 0.15) is 11.7 Å². The number of hydrogen-bond acceptors (Lipinski definition) is 4. The molecule has 0 aliphatic carbocycles. The predicted molar refractivity (Wildman–Crippen MR) is 86.8 cm³/mol. The van der Waals surface area contributed by atoms with Crippen molar-refractivity contribution in [2.75, 3.05) is 7.11 Å². The number of carbonyl (C=O) groups excluding carboxylic acids is 1. The van der Waals surface area contributed by atoms with Gasteiger partial charge in [0.25, 0.3) is 5.91 Å². The van der Waals surface area contributed by atoms with Crippen LogP contribution in [0, 0.1) is 0 Å². The molecule has 0 spiro atoms. The van der Waals surface area contributed by atoms with Gasteiger partial charge in [-0.05, 0) is 11.6 Å². The quantitative estimate of drug-likeness (QED) is 0.929. The van der Waals surface area contributed by atoms with Crippen LogP contribution in [-0.2, 0) is 9.53 Å². The molecule has 1 aromatic carbocycles. The first-order valence-electron chi connectivity index (χ1n) is 6.32. The lowest BCUT2D eigenvalue weighted by Gasteiger charge is -2.18. The number of amidine groups is 1. The third-order valence-electron chi connectivity index (χ3n) is 2.78. The Hall–Kier alpha value is -2.11. The molecule has 1 amide bonds. The van der Waals surface area contributed by atoms with E-state index in [0.29, 0.717) is 10.9 Å². The van der Waals surface area contributed by atoms with E-state index in [1.807, 2.05) is 30.3 Å². The molecule has 1 aliphatic rings. The van der Waals surface area contributed by atoms with Gasteiger partial charge in [-0.1, -0.05) is 61.3 Å². The van der Waals surface area contributed by atoms with Crippen molar-refractivity contribution in [3.05, 3.63) is 71.8 Å². The smallest absolute Gasteiger partial charge is 0.259 e. The lowest BCUT2D eigenvalue weighted by molar-refractivity contribution is -0.129. The normalized spacial score (nSPS) is 15.8. The first kappa shape index (κ1) is 15.3. The Morgan fingerprint density at radius 2 is 2.14 bits per heavy atom. The Balaban J connectivity index is 2.10. The summed E-state index contributed by atoms with van der Waals surface area (Å²) in [5.41, 5.74) is 1.37. The van der Waals surface area contributed by atoms with Crippen LogP contribution in [0.15, 0.2) is 71.2 Å². The lowest BCUT2D eigenvalue weighted by Crippen LogP contribution is -2.34. The molecule has 0 saturated carbocycles. The van der Waals surface area contributed by atoms with Crippen LogP contribution in [0.4, 0.5) is 0 Å². The summed E-state index contributed by atoms with van der Waals surface area (Å²) in [6, 6.07) is 9.30. The van der Waals surface area contributed by atoms with Crippen LogP contribution in [0.5, 0.6) is 0 Å². The summed E-state index contributed by atoms with van der Waals surface area (Å²) in [5.74, 6) is -0.270. The highest BCUT2D eigenvalue weighted by Crippen LogP contribution is 2.26. The van der Waals surface area contributed by atoms with E-state index in [1.165, 1.54) is 18.9 Å². The number of ether oxygens (including phenoxy) is 1. The molecule has 0 saturated heterocycles. The van der Waals surface area contributed by atoms with Gasteiger partial charge < -0.3 is 10.1 Å². The molecule has 1 atom stereocenters. The number of hydrogen-bond donors (Lipinski definition) is 1. The van der Waals surface area contributed by atoms with Gasteiger partial charge >= 0.3 is 0 Å². The SMILES string of the molecule is C=CC1=CC(=C)N=C(NC(=O)C(OC)c2ccccc2)S1. The van der Waals surface area contributed by atoms with E-state index in [1.54, 1.807) is 12.2 Å². The number of benzene rings is 1. The first-order chi connectivity index (χ1) is 10.1. The van der Waals surface area contributed by atoms with E-state index >= 15 is 0 Å². The molecule has 2 rings (SSSR count). The number of allylic oxidation sites excluding steroid dienone is 2. The summed E-state index contributed by atoms with van der Waals surface area (Å²) in [4.78, 5) is 17.4. The standard InChI is InChI=1S/C16H16N2O2S/c1-4-13-10-11(2)17-16(21-13)18-15(19)14(20-3)12-8-6-5-7-9-12/h4-10,14H,1-2H2,3H3,(H,17,18,19). The largest absolute Gasteiger partial charge is 0.367 e. The molecule has 108 valence electrons. The average Bonchev–Trinajstić information content (AvgIpc) is 2.48. The van der Waals surface area contributed by atoms with E-state index < -0.39 is 6.10 Å². The zero-order chi connectivity index (χ0) is 15.2.